The minimum Gasteiger partial charge on any atom is -0.494 e. The summed E-state index contributed by atoms with van der Waals surface area (Å²) in [6, 6.07) is 15.6. The fraction of sp³-hybridized carbons (Fsp3) is 0.350. The van der Waals surface area contributed by atoms with Crippen molar-refractivity contribution in [2.75, 3.05) is 18.6 Å². The molecule has 0 bridgehead atoms. The Kier molecular flexibility index (Phi) is 6.68. The third-order valence-corrected chi connectivity index (χ3v) is 4.44. The van der Waals surface area contributed by atoms with Crippen molar-refractivity contribution in [3.8, 4) is 5.75 Å². The highest BCUT2D eigenvalue weighted by Crippen LogP contribution is 2.23. The second kappa shape index (κ2) is 8.74. The first kappa shape index (κ1) is 18.3. The van der Waals surface area contributed by atoms with Crippen molar-refractivity contribution < 1.29 is 9.53 Å². The number of benzene rings is 2. The van der Waals surface area contributed by atoms with Crippen LogP contribution < -0.4 is 9.64 Å². The number of ether oxygens (including phenoxy) is 1. The van der Waals surface area contributed by atoms with E-state index < -0.39 is 0 Å². The van der Waals surface area contributed by atoms with Crippen molar-refractivity contribution in [2.24, 2.45) is 0 Å². The molecule has 1 amide bonds. The number of anilines is 1. The van der Waals surface area contributed by atoms with Gasteiger partial charge in [-0.15, -0.1) is 0 Å². The van der Waals surface area contributed by atoms with E-state index in [9.17, 15) is 4.79 Å². The molecule has 0 aromatic heterocycles. The van der Waals surface area contributed by atoms with Gasteiger partial charge >= 0.3 is 0 Å². The van der Waals surface area contributed by atoms with E-state index in [0.717, 1.165) is 29.3 Å². The predicted octanol–water partition coefficient (Wildman–Crippen LogP) is 5.29. The number of halogens is 1. The summed E-state index contributed by atoms with van der Waals surface area (Å²) in [5, 5.41) is 0.771. The smallest absolute Gasteiger partial charge is 0.223 e. The van der Waals surface area contributed by atoms with E-state index in [1.165, 1.54) is 5.56 Å². The quantitative estimate of drug-likeness (QED) is 0.638. The fourth-order valence-electron chi connectivity index (χ4n) is 2.49. The van der Waals surface area contributed by atoms with Crippen LogP contribution in [-0.4, -0.2) is 19.6 Å². The Hall–Kier alpha value is -2.00. The van der Waals surface area contributed by atoms with Crippen molar-refractivity contribution in [3.05, 3.63) is 59.1 Å². The molecule has 2 aromatic carbocycles. The molecule has 2 aromatic rings. The number of carbonyl (C=O) groups is 1. The molecule has 0 radical (unpaired) electrons. The molecule has 24 heavy (non-hydrogen) atoms. The molecule has 0 aliphatic carbocycles. The lowest BCUT2D eigenvalue weighted by Gasteiger charge is -2.16. The summed E-state index contributed by atoms with van der Waals surface area (Å²) in [4.78, 5) is 12.9. The molecule has 0 spiro atoms. The number of amides is 1. The van der Waals surface area contributed by atoms with Crippen LogP contribution in [0.3, 0.4) is 0 Å². The minimum atomic E-state index is 0.0138. The Morgan fingerprint density at radius 1 is 1.12 bits per heavy atom. The minimum absolute atomic E-state index is 0.0138. The molecule has 0 aliphatic rings. The molecule has 4 heteroatoms. The molecular weight excluding hydrogens is 322 g/mol. The summed E-state index contributed by atoms with van der Waals surface area (Å²) in [6.07, 6.45) is 2.05. The van der Waals surface area contributed by atoms with Crippen molar-refractivity contribution >= 4 is 23.2 Å². The second-order valence-corrected chi connectivity index (χ2v) is 6.45. The Morgan fingerprint density at radius 2 is 1.75 bits per heavy atom. The predicted molar refractivity (Wildman–Crippen MR) is 100 cm³/mol. The number of hydrogen-bond acceptors (Lipinski definition) is 2. The molecule has 128 valence electrons. The van der Waals surface area contributed by atoms with E-state index in [-0.39, 0.29) is 5.91 Å². The maximum Gasteiger partial charge on any atom is 0.223 e. The van der Waals surface area contributed by atoms with Gasteiger partial charge in [0, 0.05) is 24.7 Å². The van der Waals surface area contributed by atoms with Gasteiger partial charge in [0.1, 0.15) is 5.75 Å². The van der Waals surface area contributed by atoms with Crippen LogP contribution in [0.15, 0.2) is 48.5 Å². The summed E-state index contributed by atoms with van der Waals surface area (Å²) < 4.78 is 5.78. The average molecular weight is 346 g/mol. The van der Waals surface area contributed by atoms with Crippen LogP contribution in [0.1, 0.15) is 38.2 Å². The fourth-order valence-corrected chi connectivity index (χ4v) is 2.61. The first-order valence-corrected chi connectivity index (χ1v) is 8.58. The molecule has 0 aliphatic heterocycles. The Balaban J connectivity index is 1.76. The van der Waals surface area contributed by atoms with E-state index in [4.69, 9.17) is 16.3 Å². The van der Waals surface area contributed by atoms with E-state index in [1.807, 2.05) is 36.4 Å². The highest BCUT2D eigenvalue weighted by Gasteiger charge is 2.07. The van der Waals surface area contributed by atoms with Crippen molar-refractivity contribution in [1.29, 1.82) is 0 Å². The molecule has 3 nitrogen and oxygen atoms in total. The molecular formula is C20H24ClNO2. The van der Waals surface area contributed by atoms with Crippen LogP contribution in [0, 0.1) is 0 Å². The molecule has 1 unspecified atom stereocenters. The summed E-state index contributed by atoms with van der Waals surface area (Å²) in [5.74, 6) is 1.33. The van der Waals surface area contributed by atoms with Crippen molar-refractivity contribution in [1.82, 2.24) is 0 Å². The monoisotopic (exact) mass is 345 g/mol. The van der Waals surface area contributed by atoms with E-state index in [0.29, 0.717) is 12.5 Å². The second-order valence-electron chi connectivity index (χ2n) is 6.02. The number of hydrogen-bond donors (Lipinski definition) is 0. The normalized spacial score (nSPS) is 11.8. The Bertz CT molecular complexity index is 652. The molecule has 0 heterocycles. The number of rotatable bonds is 7. The SMILES string of the molecule is CC(=O)N(C)c1ccc(OCCCC(C)c2ccc(Cl)cc2)cc1. The largest absolute Gasteiger partial charge is 0.494 e. The summed E-state index contributed by atoms with van der Waals surface area (Å²) in [7, 11) is 1.76. The molecule has 0 N–H and O–H groups in total. The van der Waals surface area contributed by atoms with Gasteiger partial charge in [-0.1, -0.05) is 30.7 Å². The van der Waals surface area contributed by atoms with Crippen LogP contribution in [-0.2, 0) is 4.79 Å². The zero-order valence-corrected chi connectivity index (χ0v) is 15.2. The van der Waals surface area contributed by atoms with E-state index >= 15 is 0 Å². The molecule has 2 rings (SSSR count). The lowest BCUT2D eigenvalue weighted by molar-refractivity contribution is -0.116. The molecule has 0 saturated carbocycles. The average Bonchev–Trinajstić information content (AvgIpc) is 2.59. The molecule has 1 atom stereocenters. The molecule has 0 saturated heterocycles. The third kappa shape index (κ3) is 5.27. The van der Waals surface area contributed by atoms with Crippen LogP contribution in [0.5, 0.6) is 5.75 Å². The lowest BCUT2D eigenvalue weighted by atomic mass is 9.96. The van der Waals surface area contributed by atoms with Crippen molar-refractivity contribution in [3.63, 3.8) is 0 Å². The van der Waals surface area contributed by atoms with Crippen molar-refractivity contribution in [2.45, 2.75) is 32.6 Å². The number of nitrogens with zero attached hydrogens (tertiary/aromatic N) is 1. The summed E-state index contributed by atoms with van der Waals surface area (Å²) in [5.41, 5.74) is 2.17. The van der Waals surface area contributed by atoms with E-state index in [1.54, 1.807) is 18.9 Å². The number of carbonyl (C=O) groups excluding carboxylic acids is 1. The van der Waals surface area contributed by atoms with Crippen LogP contribution in [0.25, 0.3) is 0 Å². The van der Waals surface area contributed by atoms with E-state index in [2.05, 4.69) is 19.1 Å². The van der Waals surface area contributed by atoms with Gasteiger partial charge in [-0.3, -0.25) is 4.79 Å². The van der Waals surface area contributed by atoms with Gasteiger partial charge in [-0.2, -0.15) is 0 Å². The van der Waals surface area contributed by atoms with Gasteiger partial charge in [0.15, 0.2) is 0 Å². The molecule has 0 fully saturated rings. The standard InChI is InChI=1S/C20H24ClNO2/c1-15(17-6-8-18(21)9-7-17)5-4-14-24-20-12-10-19(11-13-20)22(3)16(2)23/h6-13,15H,4-5,14H2,1-3H3. The van der Waals surface area contributed by atoms with Gasteiger partial charge < -0.3 is 9.64 Å². The zero-order chi connectivity index (χ0) is 17.5. The van der Waals surface area contributed by atoms with Crippen LogP contribution in [0.2, 0.25) is 5.02 Å². The highest BCUT2D eigenvalue weighted by molar-refractivity contribution is 6.30. The van der Waals surface area contributed by atoms with Crippen LogP contribution >= 0.6 is 11.6 Å². The Morgan fingerprint density at radius 3 is 2.33 bits per heavy atom. The summed E-state index contributed by atoms with van der Waals surface area (Å²) >= 11 is 5.92. The van der Waals surface area contributed by atoms with Gasteiger partial charge in [0.2, 0.25) is 5.91 Å². The summed E-state index contributed by atoms with van der Waals surface area (Å²) in [6.45, 7) is 4.45. The maximum atomic E-state index is 11.3. The van der Waals surface area contributed by atoms with Gasteiger partial charge in [0.25, 0.3) is 0 Å². The van der Waals surface area contributed by atoms with Gasteiger partial charge in [0.05, 0.1) is 6.61 Å². The first-order chi connectivity index (χ1) is 11.5. The zero-order valence-electron chi connectivity index (χ0n) is 14.5. The topological polar surface area (TPSA) is 29.5 Å². The first-order valence-electron chi connectivity index (χ1n) is 8.20. The maximum absolute atomic E-state index is 11.3. The highest BCUT2D eigenvalue weighted by atomic mass is 35.5. The van der Waals surface area contributed by atoms with Gasteiger partial charge in [-0.05, 0) is 60.7 Å². The third-order valence-electron chi connectivity index (χ3n) is 4.19. The van der Waals surface area contributed by atoms with Gasteiger partial charge in [-0.25, -0.2) is 0 Å². The lowest BCUT2D eigenvalue weighted by Crippen LogP contribution is -2.22. The Labute approximate surface area is 149 Å². The van der Waals surface area contributed by atoms with Crippen LogP contribution in [0.4, 0.5) is 5.69 Å².